The Balaban J connectivity index is 1.46. The van der Waals surface area contributed by atoms with Crippen LogP contribution in [0.5, 0.6) is 5.75 Å². The largest absolute Gasteiger partial charge is 0.478 e. The van der Waals surface area contributed by atoms with Gasteiger partial charge in [-0.25, -0.2) is 8.42 Å². The van der Waals surface area contributed by atoms with Crippen LogP contribution in [0.2, 0.25) is 0 Å². The maximum absolute atomic E-state index is 13.6. The number of anilines is 1. The van der Waals surface area contributed by atoms with Crippen LogP contribution in [-0.2, 0) is 19.6 Å². The fourth-order valence-corrected chi connectivity index (χ4v) is 7.00. The first-order chi connectivity index (χ1) is 16.2. The molecule has 0 aliphatic carbocycles. The Morgan fingerprint density at radius 3 is 2.71 bits per heavy atom. The van der Waals surface area contributed by atoms with Crippen molar-refractivity contribution >= 4 is 27.5 Å². The number of nitrogens with one attached hydrogen (secondary N) is 2. The number of carbonyl (C=O) groups excluding carboxylic acids is 2. The van der Waals surface area contributed by atoms with Crippen molar-refractivity contribution in [1.82, 2.24) is 14.5 Å². The van der Waals surface area contributed by atoms with Gasteiger partial charge >= 0.3 is 0 Å². The maximum atomic E-state index is 13.6. The molecular formula is C24H36N4O5S. The Kier molecular flexibility index (Phi) is 7.49. The first-order valence-electron chi connectivity index (χ1n) is 12.4. The van der Waals surface area contributed by atoms with E-state index < -0.39 is 16.1 Å². The van der Waals surface area contributed by atoms with Crippen molar-refractivity contribution in [3.8, 4) is 5.75 Å². The molecule has 0 radical (unpaired) electrons. The number of sulfonamides is 1. The molecule has 34 heavy (non-hydrogen) atoms. The van der Waals surface area contributed by atoms with Crippen LogP contribution in [-0.4, -0.2) is 74.3 Å². The summed E-state index contributed by atoms with van der Waals surface area (Å²) < 4.78 is 34.3. The molecule has 3 atom stereocenters. The molecule has 3 heterocycles. The summed E-state index contributed by atoms with van der Waals surface area (Å²) in [4.78, 5) is 27.5. The van der Waals surface area contributed by atoms with Gasteiger partial charge in [0.05, 0.1) is 16.5 Å². The quantitative estimate of drug-likeness (QED) is 0.604. The third-order valence-corrected chi connectivity index (χ3v) is 9.26. The number of amides is 2. The minimum Gasteiger partial charge on any atom is -0.478 e. The summed E-state index contributed by atoms with van der Waals surface area (Å²) in [5.74, 6) is -0.298. The predicted molar refractivity (Wildman–Crippen MR) is 129 cm³/mol. The average Bonchev–Trinajstić information content (AvgIpc) is 3.29. The molecule has 2 fully saturated rings. The summed E-state index contributed by atoms with van der Waals surface area (Å²) in [6.45, 7) is 8.89. The van der Waals surface area contributed by atoms with Crippen LogP contribution < -0.4 is 15.4 Å². The third-order valence-electron chi connectivity index (χ3n) is 7.26. The van der Waals surface area contributed by atoms with Gasteiger partial charge in [0.1, 0.15) is 5.75 Å². The second kappa shape index (κ2) is 10.2. The summed E-state index contributed by atoms with van der Waals surface area (Å²) in [6, 6.07) is 3.51. The molecule has 0 saturated carbocycles. The van der Waals surface area contributed by atoms with Gasteiger partial charge in [-0.1, -0.05) is 13.8 Å². The molecule has 4 rings (SSSR count). The summed E-state index contributed by atoms with van der Waals surface area (Å²) in [6.07, 6.45) is 3.39. The first kappa shape index (κ1) is 24.9. The monoisotopic (exact) mass is 492 g/mol. The zero-order valence-electron chi connectivity index (χ0n) is 20.3. The molecule has 2 saturated heterocycles. The number of hydrogen-bond donors (Lipinski definition) is 2. The number of piperidine rings is 1. The number of likely N-dealkylation sites (tertiary alicyclic amines) is 1. The lowest BCUT2D eigenvalue weighted by Crippen LogP contribution is -2.47. The molecule has 3 aliphatic heterocycles. The van der Waals surface area contributed by atoms with Crippen molar-refractivity contribution in [2.24, 2.45) is 5.92 Å². The van der Waals surface area contributed by atoms with E-state index in [9.17, 15) is 18.0 Å². The SMILES string of the molecule is CCC1Oc2cc(S(=O)(=O)N3CCCC(C(=O)NCC4CCCN4CC)C3)c(C)cc2NC1=O. The van der Waals surface area contributed by atoms with E-state index in [0.29, 0.717) is 55.4 Å². The Morgan fingerprint density at radius 1 is 1.21 bits per heavy atom. The Morgan fingerprint density at radius 2 is 1.97 bits per heavy atom. The highest BCUT2D eigenvalue weighted by Gasteiger charge is 2.36. The molecule has 3 aliphatic rings. The van der Waals surface area contributed by atoms with E-state index in [4.69, 9.17) is 4.74 Å². The third kappa shape index (κ3) is 4.94. The normalized spacial score (nSPS) is 26.0. The summed E-state index contributed by atoms with van der Waals surface area (Å²) >= 11 is 0. The van der Waals surface area contributed by atoms with Gasteiger partial charge in [0.25, 0.3) is 5.91 Å². The molecule has 9 nitrogen and oxygen atoms in total. The number of nitrogens with zero attached hydrogens (tertiary/aromatic N) is 2. The van der Waals surface area contributed by atoms with Crippen molar-refractivity contribution in [3.05, 3.63) is 17.7 Å². The van der Waals surface area contributed by atoms with Gasteiger partial charge in [-0.2, -0.15) is 4.31 Å². The molecule has 2 amide bonds. The van der Waals surface area contributed by atoms with Crippen LogP contribution in [0.1, 0.15) is 51.5 Å². The van der Waals surface area contributed by atoms with Gasteiger partial charge in [0.15, 0.2) is 6.10 Å². The molecule has 10 heteroatoms. The number of benzene rings is 1. The fraction of sp³-hybridized carbons (Fsp3) is 0.667. The topological polar surface area (TPSA) is 108 Å². The van der Waals surface area contributed by atoms with Gasteiger partial charge in [0, 0.05) is 31.7 Å². The van der Waals surface area contributed by atoms with E-state index in [1.54, 1.807) is 13.0 Å². The minimum absolute atomic E-state index is 0.0677. The van der Waals surface area contributed by atoms with Gasteiger partial charge in [-0.15, -0.1) is 0 Å². The molecule has 3 unspecified atom stereocenters. The number of likely N-dealkylation sites (N-methyl/N-ethyl adjacent to an activating group) is 1. The van der Waals surface area contributed by atoms with Crippen molar-refractivity contribution in [2.75, 3.05) is 38.0 Å². The number of aryl methyl sites for hydroxylation is 1. The lowest BCUT2D eigenvalue weighted by molar-refractivity contribution is -0.126. The van der Waals surface area contributed by atoms with E-state index in [0.717, 1.165) is 25.9 Å². The number of fused-ring (bicyclic) bond motifs is 1. The Hall–Kier alpha value is -2.17. The highest BCUT2D eigenvalue weighted by atomic mass is 32.2. The van der Waals surface area contributed by atoms with Crippen molar-refractivity contribution in [1.29, 1.82) is 0 Å². The van der Waals surface area contributed by atoms with Crippen LogP contribution in [0.15, 0.2) is 17.0 Å². The molecule has 1 aromatic carbocycles. The molecule has 1 aromatic rings. The predicted octanol–water partition coefficient (Wildman–Crippen LogP) is 2.11. The second-order valence-electron chi connectivity index (χ2n) is 9.49. The van der Waals surface area contributed by atoms with E-state index in [-0.39, 0.29) is 29.2 Å². The second-order valence-corrected chi connectivity index (χ2v) is 11.4. The van der Waals surface area contributed by atoms with Gasteiger partial charge in [-0.05, 0) is 63.7 Å². The minimum atomic E-state index is -3.82. The lowest BCUT2D eigenvalue weighted by atomic mass is 9.98. The average molecular weight is 493 g/mol. The fourth-order valence-electron chi connectivity index (χ4n) is 5.25. The van der Waals surface area contributed by atoms with E-state index >= 15 is 0 Å². The van der Waals surface area contributed by atoms with Crippen LogP contribution in [0.3, 0.4) is 0 Å². The maximum Gasteiger partial charge on any atom is 0.265 e. The van der Waals surface area contributed by atoms with Crippen LogP contribution in [0, 0.1) is 12.8 Å². The number of carbonyl (C=O) groups is 2. The molecule has 188 valence electrons. The highest BCUT2D eigenvalue weighted by Crippen LogP contribution is 2.36. The number of hydrogen-bond acceptors (Lipinski definition) is 6. The lowest BCUT2D eigenvalue weighted by Gasteiger charge is -2.33. The summed E-state index contributed by atoms with van der Waals surface area (Å²) in [5, 5.41) is 5.87. The molecule has 2 N–H and O–H groups in total. The van der Waals surface area contributed by atoms with E-state index in [1.165, 1.54) is 10.4 Å². The van der Waals surface area contributed by atoms with Crippen LogP contribution in [0.25, 0.3) is 0 Å². The zero-order chi connectivity index (χ0) is 24.5. The molecule has 0 spiro atoms. The van der Waals surface area contributed by atoms with Gasteiger partial charge in [0.2, 0.25) is 15.9 Å². The van der Waals surface area contributed by atoms with E-state index in [1.807, 2.05) is 6.92 Å². The zero-order valence-corrected chi connectivity index (χ0v) is 21.1. The van der Waals surface area contributed by atoms with Crippen LogP contribution >= 0.6 is 0 Å². The standard InChI is InChI=1S/C24H36N4O5S/c1-4-20-24(30)26-19-12-16(3)22(13-21(19)33-20)34(31,32)28-11-6-8-17(15-28)23(29)25-14-18-9-7-10-27(18)5-2/h12-13,17-18,20H,4-11,14-15H2,1-3H3,(H,25,29)(H,26,30). The summed E-state index contributed by atoms with van der Waals surface area (Å²) in [5.41, 5.74) is 1.01. The highest BCUT2D eigenvalue weighted by molar-refractivity contribution is 7.89. The molecular weight excluding hydrogens is 456 g/mol. The smallest absolute Gasteiger partial charge is 0.265 e. The van der Waals surface area contributed by atoms with Crippen LogP contribution in [0.4, 0.5) is 5.69 Å². The Bertz CT molecular complexity index is 1040. The molecule has 0 bridgehead atoms. The summed E-state index contributed by atoms with van der Waals surface area (Å²) in [7, 11) is -3.82. The van der Waals surface area contributed by atoms with Crippen molar-refractivity contribution in [2.45, 2.75) is 69.9 Å². The Labute approximate surface area is 202 Å². The van der Waals surface area contributed by atoms with Gasteiger partial charge < -0.3 is 15.4 Å². The number of rotatable bonds is 7. The first-order valence-corrected chi connectivity index (χ1v) is 13.8. The van der Waals surface area contributed by atoms with Crippen molar-refractivity contribution in [3.63, 3.8) is 0 Å². The van der Waals surface area contributed by atoms with Gasteiger partial charge in [-0.3, -0.25) is 14.5 Å². The van der Waals surface area contributed by atoms with E-state index in [2.05, 4.69) is 22.5 Å². The molecule has 0 aromatic heterocycles. The van der Waals surface area contributed by atoms with Crippen molar-refractivity contribution < 1.29 is 22.7 Å². The number of ether oxygens (including phenoxy) is 1.